The van der Waals surface area contributed by atoms with E-state index in [9.17, 15) is 13.2 Å². The number of benzene rings is 1. The van der Waals surface area contributed by atoms with E-state index in [-0.39, 0.29) is 35.1 Å². The van der Waals surface area contributed by atoms with E-state index in [1.54, 1.807) is 11.1 Å². The molecule has 32 heavy (non-hydrogen) atoms. The van der Waals surface area contributed by atoms with E-state index in [0.29, 0.717) is 19.7 Å². The number of hydrogen-bond acceptors (Lipinski definition) is 5. The van der Waals surface area contributed by atoms with Crippen LogP contribution in [0.1, 0.15) is 56.8 Å². The number of sulfone groups is 1. The summed E-state index contributed by atoms with van der Waals surface area (Å²) in [5.74, 6) is -0.0928. The summed E-state index contributed by atoms with van der Waals surface area (Å²) >= 11 is 0. The highest BCUT2D eigenvalue weighted by Gasteiger charge is 2.34. The van der Waals surface area contributed by atoms with E-state index in [1.807, 2.05) is 48.7 Å². The monoisotopic (exact) mass is 460 g/mol. The lowest BCUT2D eigenvalue weighted by Crippen LogP contribution is -2.45. The minimum absolute atomic E-state index is 0.00431. The fourth-order valence-electron chi connectivity index (χ4n) is 4.09. The minimum atomic E-state index is -3.62. The molecular weight excluding hydrogens is 428 g/mol. The average Bonchev–Trinajstić information content (AvgIpc) is 3.27. The van der Waals surface area contributed by atoms with Gasteiger partial charge in [-0.05, 0) is 45.1 Å². The molecule has 1 saturated carbocycles. The highest BCUT2D eigenvalue weighted by atomic mass is 32.2. The Kier molecular flexibility index (Phi) is 6.85. The molecule has 2 heterocycles. The van der Waals surface area contributed by atoms with Gasteiger partial charge >= 0.3 is 6.03 Å². The standard InChI is InChI=1S/C23H32N4O4S/c1-17(2)25-22(28)26(15-21-9-6-12-31-21)14-20-13-24-23(27(20)19-10-11-19)32(29,30)16-18-7-4-3-5-8-18/h3-5,7-8,13,17,19,21H,6,9-12,14-16H2,1-2H3,(H,25,28). The first-order valence-corrected chi connectivity index (χ1v) is 13.0. The highest BCUT2D eigenvalue weighted by Crippen LogP contribution is 2.39. The fraction of sp³-hybridized carbons (Fsp3) is 0.565. The molecule has 8 nitrogen and oxygen atoms in total. The van der Waals surface area contributed by atoms with E-state index in [2.05, 4.69) is 10.3 Å². The summed E-state index contributed by atoms with van der Waals surface area (Å²) in [6.07, 6.45) is 5.37. The number of ether oxygens (including phenoxy) is 1. The highest BCUT2D eigenvalue weighted by molar-refractivity contribution is 7.90. The molecule has 2 aromatic rings. The van der Waals surface area contributed by atoms with Gasteiger partial charge in [0, 0.05) is 25.2 Å². The summed E-state index contributed by atoms with van der Waals surface area (Å²) in [5, 5.41) is 3.05. The summed E-state index contributed by atoms with van der Waals surface area (Å²) in [6.45, 7) is 5.32. The van der Waals surface area contributed by atoms with Crippen molar-refractivity contribution >= 4 is 15.9 Å². The molecule has 1 aliphatic heterocycles. The quantitative estimate of drug-likeness (QED) is 0.620. The van der Waals surface area contributed by atoms with Crippen molar-refractivity contribution in [3.05, 3.63) is 47.8 Å². The minimum Gasteiger partial charge on any atom is -0.376 e. The summed E-state index contributed by atoms with van der Waals surface area (Å²) in [7, 11) is -3.62. The molecule has 1 aromatic carbocycles. The lowest BCUT2D eigenvalue weighted by atomic mass is 10.2. The number of amides is 2. The van der Waals surface area contributed by atoms with Crippen LogP contribution < -0.4 is 5.32 Å². The van der Waals surface area contributed by atoms with Gasteiger partial charge in [-0.1, -0.05) is 30.3 Å². The Bertz CT molecular complexity index is 1030. The first-order valence-electron chi connectivity index (χ1n) is 11.3. The van der Waals surface area contributed by atoms with Gasteiger partial charge in [0.2, 0.25) is 15.0 Å². The molecule has 4 rings (SSSR count). The Morgan fingerprint density at radius 3 is 2.62 bits per heavy atom. The van der Waals surface area contributed by atoms with Gasteiger partial charge in [-0.2, -0.15) is 0 Å². The third kappa shape index (κ3) is 5.50. The molecule has 1 atom stereocenters. The molecule has 174 valence electrons. The van der Waals surface area contributed by atoms with Gasteiger partial charge in [-0.15, -0.1) is 0 Å². The molecule has 9 heteroatoms. The summed E-state index contributed by atoms with van der Waals surface area (Å²) < 4.78 is 34.0. The molecule has 1 unspecified atom stereocenters. The molecule has 2 amide bonds. The average molecular weight is 461 g/mol. The molecule has 0 radical (unpaired) electrons. The smallest absolute Gasteiger partial charge is 0.318 e. The topological polar surface area (TPSA) is 93.5 Å². The first kappa shape index (κ1) is 22.8. The van der Waals surface area contributed by atoms with Crippen molar-refractivity contribution in [2.45, 2.75) is 75.2 Å². The van der Waals surface area contributed by atoms with Crippen LogP contribution in [0.5, 0.6) is 0 Å². The van der Waals surface area contributed by atoms with Crippen molar-refractivity contribution in [1.82, 2.24) is 19.8 Å². The van der Waals surface area contributed by atoms with Gasteiger partial charge in [0.1, 0.15) is 0 Å². The zero-order valence-electron chi connectivity index (χ0n) is 18.7. The molecule has 1 aromatic heterocycles. The molecular formula is C23H32N4O4S. The van der Waals surface area contributed by atoms with Gasteiger partial charge in [0.05, 0.1) is 30.3 Å². The SMILES string of the molecule is CC(C)NC(=O)N(Cc1cnc(S(=O)(=O)Cc2ccccc2)n1C1CC1)CC1CCCO1. The van der Waals surface area contributed by atoms with Gasteiger partial charge in [0.15, 0.2) is 0 Å². The number of urea groups is 1. The van der Waals surface area contributed by atoms with Crippen LogP contribution in [0, 0.1) is 0 Å². The Labute approximate surface area is 189 Å². The van der Waals surface area contributed by atoms with Crippen LogP contribution in [-0.4, -0.2) is 54.2 Å². The van der Waals surface area contributed by atoms with Gasteiger partial charge in [-0.3, -0.25) is 0 Å². The van der Waals surface area contributed by atoms with Crippen LogP contribution in [0.15, 0.2) is 41.7 Å². The summed E-state index contributed by atoms with van der Waals surface area (Å²) in [6, 6.07) is 9.10. The zero-order valence-corrected chi connectivity index (χ0v) is 19.6. The Morgan fingerprint density at radius 2 is 2.00 bits per heavy atom. The summed E-state index contributed by atoms with van der Waals surface area (Å²) in [5.41, 5.74) is 1.48. The van der Waals surface area contributed by atoms with Gasteiger partial charge in [-0.25, -0.2) is 18.2 Å². The number of hydrogen-bond donors (Lipinski definition) is 1. The van der Waals surface area contributed by atoms with E-state index in [1.165, 1.54) is 0 Å². The van der Waals surface area contributed by atoms with Crippen LogP contribution in [0.2, 0.25) is 0 Å². The molecule has 1 N–H and O–H groups in total. The number of aromatic nitrogens is 2. The third-order valence-corrected chi connectivity index (χ3v) is 7.30. The second-order valence-corrected chi connectivity index (χ2v) is 10.9. The number of imidazole rings is 1. The largest absolute Gasteiger partial charge is 0.376 e. The van der Waals surface area contributed by atoms with Crippen molar-refractivity contribution in [3.63, 3.8) is 0 Å². The molecule has 2 aliphatic rings. The van der Waals surface area contributed by atoms with Crippen molar-refractivity contribution < 1.29 is 17.9 Å². The molecule has 2 fully saturated rings. The van der Waals surface area contributed by atoms with E-state index in [4.69, 9.17) is 4.74 Å². The molecule has 0 spiro atoms. The number of carbonyl (C=O) groups is 1. The lowest BCUT2D eigenvalue weighted by Gasteiger charge is -2.27. The second kappa shape index (κ2) is 9.62. The predicted octanol–water partition coefficient (Wildman–Crippen LogP) is 3.29. The van der Waals surface area contributed by atoms with Crippen LogP contribution in [0.25, 0.3) is 0 Å². The van der Waals surface area contributed by atoms with Crippen molar-refractivity contribution in [3.8, 4) is 0 Å². The Balaban J connectivity index is 1.59. The maximum absolute atomic E-state index is 13.2. The van der Waals surface area contributed by atoms with Crippen LogP contribution in [-0.2, 0) is 26.9 Å². The lowest BCUT2D eigenvalue weighted by molar-refractivity contribution is 0.0784. The fourth-order valence-corrected chi connectivity index (χ4v) is 5.63. The molecule has 1 saturated heterocycles. The molecule has 1 aliphatic carbocycles. The third-order valence-electron chi connectivity index (χ3n) is 5.73. The zero-order chi connectivity index (χ0) is 22.7. The van der Waals surface area contributed by atoms with Crippen LogP contribution >= 0.6 is 0 Å². The second-order valence-electron chi connectivity index (χ2n) is 9.00. The maximum Gasteiger partial charge on any atom is 0.318 e. The number of nitrogens with zero attached hydrogens (tertiary/aromatic N) is 3. The van der Waals surface area contributed by atoms with Gasteiger partial charge in [0.25, 0.3) is 0 Å². The number of carbonyl (C=O) groups excluding carboxylic acids is 1. The van der Waals surface area contributed by atoms with Crippen LogP contribution in [0.3, 0.4) is 0 Å². The van der Waals surface area contributed by atoms with E-state index >= 15 is 0 Å². The Morgan fingerprint density at radius 1 is 1.25 bits per heavy atom. The molecule has 0 bridgehead atoms. The number of rotatable bonds is 9. The van der Waals surface area contributed by atoms with Crippen molar-refractivity contribution in [1.29, 1.82) is 0 Å². The Hall–Kier alpha value is -2.39. The van der Waals surface area contributed by atoms with Gasteiger partial charge < -0.3 is 19.5 Å². The maximum atomic E-state index is 13.2. The van der Waals surface area contributed by atoms with Crippen molar-refractivity contribution in [2.24, 2.45) is 0 Å². The normalized spacial score (nSPS) is 18.8. The van der Waals surface area contributed by atoms with Crippen molar-refractivity contribution in [2.75, 3.05) is 13.2 Å². The first-order chi connectivity index (χ1) is 15.3. The predicted molar refractivity (Wildman–Crippen MR) is 121 cm³/mol. The van der Waals surface area contributed by atoms with E-state index in [0.717, 1.165) is 36.9 Å². The number of nitrogens with one attached hydrogen (secondary N) is 1. The summed E-state index contributed by atoms with van der Waals surface area (Å²) in [4.78, 5) is 19.0. The van der Waals surface area contributed by atoms with Crippen LogP contribution in [0.4, 0.5) is 4.79 Å². The van der Waals surface area contributed by atoms with E-state index < -0.39 is 9.84 Å².